The summed E-state index contributed by atoms with van der Waals surface area (Å²) in [5.74, 6) is 0.425. The zero-order valence-corrected chi connectivity index (χ0v) is 14.9. The van der Waals surface area contributed by atoms with E-state index in [2.05, 4.69) is 11.4 Å². The fraction of sp³-hybridized carbons (Fsp3) is 0. The lowest BCUT2D eigenvalue weighted by Crippen LogP contribution is -2.11. The van der Waals surface area contributed by atoms with Crippen LogP contribution in [0.4, 0.5) is 5.69 Å². The van der Waals surface area contributed by atoms with Crippen LogP contribution in [0.3, 0.4) is 0 Å². The average molecular weight is 364 g/mol. The summed E-state index contributed by atoms with van der Waals surface area (Å²) in [5, 5.41) is 5.10. The zero-order valence-electron chi connectivity index (χ0n) is 14.9. The number of hydrogen-bond donors (Lipinski definition) is 1. The van der Waals surface area contributed by atoms with E-state index in [1.54, 1.807) is 12.1 Å². The second-order valence-electron chi connectivity index (χ2n) is 6.55. The SMILES string of the molecule is O=C(Nc1ccc(-c2nc3c(ccc4ccccc43)o2)cc1)c1ccccc1. The van der Waals surface area contributed by atoms with Gasteiger partial charge in [0, 0.05) is 22.2 Å². The Labute approximate surface area is 161 Å². The maximum Gasteiger partial charge on any atom is 0.255 e. The standard InChI is InChI=1S/C24H16N2O2/c27-23(17-7-2-1-3-8-17)25-19-13-10-18(11-14-19)24-26-22-20-9-5-4-6-16(20)12-15-21(22)28-24/h1-15H,(H,25,27). The van der Waals surface area contributed by atoms with E-state index in [0.717, 1.165) is 33.1 Å². The van der Waals surface area contributed by atoms with Crippen LogP contribution in [0.2, 0.25) is 0 Å². The van der Waals surface area contributed by atoms with E-state index in [-0.39, 0.29) is 5.91 Å². The van der Waals surface area contributed by atoms with Crippen LogP contribution in [-0.2, 0) is 0 Å². The van der Waals surface area contributed by atoms with Crippen LogP contribution in [-0.4, -0.2) is 10.9 Å². The number of amides is 1. The second-order valence-corrected chi connectivity index (χ2v) is 6.55. The van der Waals surface area contributed by atoms with Gasteiger partial charge in [-0.15, -0.1) is 0 Å². The van der Waals surface area contributed by atoms with Gasteiger partial charge in [0.2, 0.25) is 5.89 Å². The van der Waals surface area contributed by atoms with E-state index in [1.807, 2.05) is 72.8 Å². The largest absolute Gasteiger partial charge is 0.436 e. The predicted octanol–water partition coefficient (Wildman–Crippen LogP) is 5.90. The molecular weight excluding hydrogens is 348 g/mol. The maximum absolute atomic E-state index is 12.3. The molecule has 0 saturated heterocycles. The summed E-state index contributed by atoms with van der Waals surface area (Å²) in [6.45, 7) is 0. The summed E-state index contributed by atoms with van der Waals surface area (Å²) in [6.07, 6.45) is 0. The predicted molar refractivity (Wildman–Crippen MR) is 111 cm³/mol. The van der Waals surface area contributed by atoms with Gasteiger partial charge in [-0.05, 0) is 47.9 Å². The first kappa shape index (κ1) is 16.3. The molecule has 1 aromatic heterocycles. The Hall–Kier alpha value is -3.92. The summed E-state index contributed by atoms with van der Waals surface area (Å²) in [5.41, 5.74) is 3.82. The number of nitrogens with one attached hydrogen (secondary N) is 1. The molecule has 0 unspecified atom stereocenters. The smallest absolute Gasteiger partial charge is 0.255 e. The van der Waals surface area contributed by atoms with Crippen molar-refractivity contribution in [3.63, 3.8) is 0 Å². The molecule has 0 radical (unpaired) electrons. The third kappa shape index (κ3) is 2.91. The molecule has 0 saturated carbocycles. The number of aromatic nitrogens is 1. The number of anilines is 1. The molecule has 1 heterocycles. The van der Waals surface area contributed by atoms with E-state index in [9.17, 15) is 4.79 Å². The van der Waals surface area contributed by atoms with Gasteiger partial charge >= 0.3 is 0 Å². The van der Waals surface area contributed by atoms with Gasteiger partial charge in [-0.25, -0.2) is 4.98 Å². The van der Waals surface area contributed by atoms with E-state index < -0.39 is 0 Å². The molecule has 0 aliphatic carbocycles. The monoisotopic (exact) mass is 364 g/mol. The van der Waals surface area contributed by atoms with Crippen molar-refractivity contribution in [2.45, 2.75) is 0 Å². The molecule has 0 bridgehead atoms. The first-order valence-corrected chi connectivity index (χ1v) is 9.03. The number of hydrogen-bond acceptors (Lipinski definition) is 3. The quantitative estimate of drug-likeness (QED) is 0.433. The van der Waals surface area contributed by atoms with Gasteiger partial charge in [0.15, 0.2) is 5.58 Å². The van der Waals surface area contributed by atoms with Gasteiger partial charge < -0.3 is 9.73 Å². The van der Waals surface area contributed by atoms with Crippen molar-refractivity contribution in [1.29, 1.82) is 0 Å². The number of oxazole rings is 1. The maximum atomic E-state index is 12.3. The molecule has 0 aliphatic rings. The molecule has 5 rings (SSSR count). The van der Waals surface area contributed by atoms with E-state index in [4.69, 9.17) is 9.40 Å². The Bertz CT molecular complexity index is 1290. The molecule has 0 spiro atoms. The molecule has 1 amide bonds. The minimum atomic E-state index is -0.137. The van der Waals surface area contributed by atoms with Gasteiger partial charge in [0.25, 0.3) is 5.91 Å². The number of fused-ring (bicyclic) bond motifs is 3. The first-order valence-electron chi connectivity index (χ1n) is 9.03. The van der Waals surface area contributed by atoms with Crippen LogP contribution >= 0.6 is 0 Å². The summed E-state index contributed by atoms with van der Waals surface area (Å²) < 4.78 is 5.95. The molecule has 5 aromatic rings. The van der Waals surface area contributed by atoms with Crippen molar-refractivity contribution < 1.29 is 9.21 Å². The van der Waals surface area contributed by atoms with Crippen LogP contribution in [0.15, 0.2) is 95.4 Å². The number of nitrogens with zero attached hydrogens (tertiary/aromatic N) is 1. The number of rotatable bonds is 3. The summed E-state index contributed by atoms with van der Waals surface area (Å²) in [7, 11) is 0. The Morgan fingerprint density at radius 2 is 1.54 bits per heavy atom. The van der Waals surface area contributed by atoms with Crippen molar-refractivity contribution in [2.75, 3.05) is 5.32 Å². The summed E-state index contributed by atoms with van der Waals surface area (Å²) in [6, 6.07) is 28.7. The van der Waals surface area contributed by atoms with Gasteiger partial charge in [0.1, 0.15) is 5.52 Å². The van der Waals surface area contributed by atoms with Gasteiger partial charge in [-0.1, -0.05) is 48.5 Å². The average Bonchev–Trinajstić information content (AvgIpc) is 3.20. The molecule has 1 N–H and O–H groups in total. The Kier molecular flexibility index (Phi) is 3.87. The second kappa shape index (κ2) is 6.67. The molecule has 0 fully saturated rings. The van der Waals surface area contributed by atoms with Crippen molar-refractivity contribution in [3.05, 3.63) is 96.6 Å². The molecule has 0 aliphatic heterocycles. The highest BCUT2D eigenvalue weighted by Crippen LogP contribution is 2.30. The van der Waals surface area contributed by atoms with Crippen molar-refractivity contribution in [1.82, 2.24) is 4.98 Å². The highest BCUT2D eigenvalue weighted by molar-refractivity contribution is 6.05. The van der Waals surface area contributed by atoms with Crippen LogP contribution in [0.25, 0.3) is 33.3 Å². The van der Waals surface area contributed by atoms with Crippen LogP contribution < -0.4 is 5.32 Å². The summed E-state index contributed by atoms with van der Waals surface area (Å²) >= 11 is 0. The number of carbonyl (C=O) groups is 1. The minimum absolute atomic E-state index is 0.137. The molecule has 4 heteroatoms. The van der Waals surface area contributed by atoms with E-state index in [0.29, 0.717) is 11.5 Å². The molecular formula is C24H16N2O2. The summed E-state index contributed by atoms with van der Waals surface area (Å²) in [4.78, 5) is 17.0. The van der Waals surface area contributed by atoms with Gasteiger partial charge in [-0.2, -0.15) is 0 Å². The molecule has 4 aromatic carbocycles. The first-order chi connectivity index (χ1) is 13.8. The van der Waals surface area contributed by atoms with Crippen LogP contribution in [0, 0.1) is 0 Å². The third-order valence-corrected chi connectivity index (χ3v) is 4.71. The van der Waals surface area contributed by atoms with E-state index >= 15 is 0 Å². The Morgan fingerprint density at radius 3 is 2.36 bits per heavy atom. The lowest BCUT2D eigenvalue weighted by Gasteiger charge is -2.05. The van der Waals surface area contributed by atoms with Crippen molar-refractivity contribution in [2.24, 2.45) is 0 Å². The highest BCUT2D eigenvalue weighted by atomic mass is 16.3. The Morgan fingerprint density at radius 1 is 0.786 bits per heavy atom. The molecule has 134 valence electrons. The van der Waals surface area contributed by atoms with Crippen molar-refractivity contribution in [3.8, 4) is 11.5 Å². The molecule has 4 nitrogen and oxygen atoms in total. The number of benzene rings is 4. The lowest BCUT2D eigenvalue weighted by molar-refractivity contribution is 0.102. The third-order valence-electron chi connectivity index (χ3n) is 4.71. The topological polar surface area (TPSA) is 55.1 Å². The van der Waals surface area contributed by atoms with Crippen molar-refractivity contribution >= 4 is 33.5 Å². The van der Waals surface area contributed by atoms with E-state index in [1.165, 1.54) is 0 Å². The fourth-order valence-electron chi connectivity index (χ4n) is 3.27. The minimum Gasteiger partial charge on any atom is -0.436 e. The highest BCUT2D eigenvalue weighted by Gasteiger charge is 2.11. The van der Waals surface area contributed by atoms with Gasteiger partial charge in [-0.3, -0.25) is 4.79 Å². The lowest BCUT2D eigenvalue weighted by atomic mass is 10.1. The molecule has 28 heavy (non-hydrogen) atoms. The normalized spacial score (nSPS) is 11.0. The Balaban J connectivity index is 1.44. The van der Waals surface area contributed by atoms with Crippen LogP contribution in [0.1, 0.15) is 10.4 Å². The van der Waals surface area contributed by atoms with Gasteiger partial charge in [0.05, 0.1) is 0 Å². The fourth-order valence-corrected chi connectivity index (χ4v) is 3.27. The molecule has 0 atom stereocenters. The van der Waals surface area contributed by atoms with Crippen LogP contribution in [0.5, 0.6) is 0 Å². The zero-order chi connectivity index (χ0) is 18.9. The number of carbonyl (C=O) groups excluding carboxylic acids is 1.